The normalized spacial score (nSPS) is 10.7. The zero-order valence-electron chi connectivity index (χ0n) is 10.8. The summed E-state index contributed by atoms with van der Waals surface area (Å²) in [6.45, 7) is 2.07. The Kier molecular flexibility index (Phi) is 3.33. The number of hydrogen-bond acceptors (Lipinski definition) is 5. The van der Waals surface area contributed by atoms with E-state index in [0.717, 1.165) is 26.6 Å². The lowest BCUT2D eigenvalue weighted by atomic mass is 10.2. The Morgan fingerprint density at radius 1 is 1.35 bits per heavy atom. The van der Waals surface area contributed by atoms with Crippen molar-refractivity contribution < 1.29 is 0 Å². The molecule has 0 aliphatic heterocycles. The van der Waals surface area contributed by atoms with Crippen LogP contribution in [0.1, 0.15) is 11.1 Å². The number of aryl methyl sites for hydroxylation is 1. The van der Waals surface area contributed by atoms with Gasteiger partial charge in [-0.1, -0.05) is 29.6 Å². The second-order valence-corrected chi connectivity index (χ2v) is 5.87. The van der Waals surface area contributed by atoms with Crippen molar-refractivity contribution in [3.8, 4) is 0 Å². The number of fused-ring (bicyclic) bond motifs is 1. The average molecular weight is 300 g/mol. The predicted molar refractivity (Wildman–Crippen MR) is 87.8 cm³/mol. The first-order chi connectivity index (χ1) is 9.63. The summed E-state index contributed by atoms with van der Waals surface area (Å²) in [4.78, 5) is 8.98. The molecule has 20 heavy (non-hydrogen) atoms. The van der Waals surface area contributed by atoms with E-state index in [1.807, 2.05) is 6.07 Å². The minimum atomic E-state index is 0.340. The summed E-state index contributed by atoms with van der Waals surface area (Å²) in [5.41, 5.74) is 9.45. The molecular weight excluding hydrogens is 288 g/mol. The van der Waals surface area contributed by atoms with E-state index in [9.17, 15) is 0 Å². The number of aromatic nitrogens is 2. The van der Waals surface area contributed by atoms with E-state index in [1.165, 1.54) is 5.56 Å². The molecule has 2 heterocycles. The molecule has 0 spiro atoms. The lowest BCUT2D eigenvalue weighted by Gasteiger charge is -2.07. The molecule has 0 aliphatic rings. The molecule has 0 saturated carbocycles. The third kappa shape index (κ3) is 2.48. The van der Waals surface area contributed by atoms with Crippen LogP contribution in [-0.4, -0.2) is 15.0 Å². The van der Waals surface area contributed by atoms with Gasteiger partial charge in [0.2, 0.25) is 0 Å². The van der Waals surface area contributed by atoms with Gasteiger partial charge >= 0.3 is 0 Å². The molecule has 0 unspecified atom stereocenters. The van der Waals surface area contributed by atoms with Gasteiger partial charge in [-0.05, 0) is 30.7 Å². The molecule has 0 fully saturated rings. The fraction of sp³-hybridized carbons (Fsp3) is 0.0714. The molecule has 0 atom stereocenters. The van der Waals surface area contributed by atoms with Crippen LogP contribution < -0.4 is 11.1 Å². The fourth-order valence-electron chi connectivity index (χ4n) is 1.91. The molecule has 4 nitrogen and oxygen atoms in total. The molecule has 100 valence electrons. The van der Waals surface area contributed by atoms with Crippen molar-refractivity contribution in [1.29, 1.82) is 0 Å². The van der Waals surface area contributed by atoms with Crippen LogP contribution in [0.15, 0.2) is 36.7 Å². The Morgan fingerprint density at radius 3 is 3.00 bits per heavy atom. The smallest absolute Gasteiger partial charge is 0.188 e. The van der Waals surface area contributed by atoms with Crippen LogP contribution in [0.4, 0.5) is 10.8 Å². The van der Waals surface area contributed by atoms with Crippen LogP contribution in [-0.2, 0) is 0 Å². The van der Waals surface area contributed by atoms with Crippen molar-refractivity contribution in [3.05, 3.63) is 47.8 Å². The number of hydrogen-bond donors (Lipinski definition) is 2. The molecule has 0 aliphatic carbocycles. The van der Waals surface area contributed by atoms with Gasteiger partial charge in [0.1, 0.15) is 4.99 Å². The van der Waals surface area contributed by atoms with E-state index in [0.29, 0.717) is 4.99 Å². The van der Waals surface area contributed by atoms with Crippen LogP contribution in [0.25, 0.3) is 10.2 Å². The lowest BCUT2D eigenvalue weighted by molar-refractivity contribution is 1.31. The van der Waals surface area contributed by atoms with Crippen molar-refractivity contribution in [3.63, 3.8) is 0 Å². The third-order valence-corrected chi connectivity index (χ3v) is 4.03. The highest BCUT2D eigenvalue weighted by molar-refractivity contribution is 7.80. The van der Waals surface area contributed by atoms with Gasteiger partial charge in [0.05, 0.1) is 22.1 Å². The molecule has 0 saturated heterocycles. The van der Waals surface area contributed by atoms with Gasteiger partial charge in [0.15, 0.2) is 5.13 Å². The van der Waals surface area contributed by atoms with Crippen molar-refractivity contribution in [2.24, 2.45) is 5.73 Å². The Bertz CT molecular complexity index is 795. The Morgan fingerprint density at radius 2 is 2.20 bits per heavy atom. The first-order valence-electron chi connectivity index (χ1n) is 6.01. The van der Waals surface area contributed by atoms with Crippen LogP contribution in [0, 0.1) is 6.92 Å². The third-order valence-electron chi connectivity index (χ3n) is 2.87. The molecule has 6 heteroatoms. The molecule has 3 rings (SSSR count). The summed E-state index contributed by atoms with van der Waals surface area (Å²) in [5.74, 6) is 0. The quantitative estimate of drug-likeness (QED) is 0.726. The number of nitrogens with zero attached hydrogens (tertiary/aromatic N) is 2. The molecule has 3 aromatic rings. The van der Waals surface area contributed by atoms with Gasteiger partial charge in [-0.25, -0.2) is 4.98 Å². The zero-order valence-corrected chi connectivity index (χ0v) is 12.4. The van der Waals surface area contributed by atoms with Gasteiger partial charge in [-0.15, -0.1) is 0 Å². The molecule has 2 aromatic heterocycles. The molecule has 1 aromatic carbocycles. The monoisotopic (exact) mass is 300 g/mol. The molecule has 0 radical (unpaired) electrons. The summed E-state index contributed by atoms with van der Waals surface area (Å²) in [5, 5.41) is 4.04. The van der Waals surface area contributed by atoms with Crippen LogP contribution in [0.3, 0.4) is 0 Å². The topological polar surface area (TPSA) is 63.8 Å². The molecule has 0 amide bonds. The SMILES string of the molecule is Cc1ccc2nc(Nc3cnccc3C(N)=S)sc2c1. The average Bonchev–Trinajstić information content (AvgIpc) is 2.80. The highest BCUT2D eigenvalue weighted by Gasteiger charge is 2.08. The number of nitrogens with one attached hydrogen (secondary N) is 1. The number of nitrogens with two attached hydrogens (primary N) is 1. The van der Waals surface area contributed by atoms with Crippen molar-refractivity contribution in [2.45, 2.75) is 6.92 Å². The van der Waals surface area contributed by atoms with E-state index in [2.05, 4.69) is 34.3 Å². The van der Waals surface area contributed by atoms with Gasteiger partial charge < -0.3 is 11.1 Å². The number of thiocarbonyl (C=S) groups is 1. The van der Waals surface area contributed by atoms with Crippen LogP contribution in [0.5, 0.6) is 0 Å². The van der Waals surface area contributed by atoms with E-state index in [4.69, 9.17) is 18.0 Å². The second-order valence-electron chi connectivity index (χ2n) is 4.40. The summed E-state index contributed by atoms with van der Waals surface area (Å²) in [6, 6.07) is 7.98. The minimum Gasteiger partial charge on any atom is -0.389 e. The van der Waals surface area contributed by atoms with E-state index < -0.39 is 0 Å². The van der Waals surface area contributed by atoms with Crippen molar-refractivity contribution >= 4 is 49.6 Å². The van der Waals surface area contributed by atoms with E-state index >= 15 is 0 Å². The molecule has 3 N–H and O–H groups in total. The lowest BCUT2D eigenvalue weighted by Crippen LogP contribution is -2.12. The minimum absolute atomic E-state index is 0.340. The fourth-order valence-corrected chi connectivity index (χ4v) is 3.06. The van der Waals surface area contributed by atoms with E-state index in [1.54, 1.807) is 29.8 Å². The number of benzene rings is 1. The van der Waals surface area contributed by atoms with Crippen molar-refractivity contribution in [2.75, 3.05) is 5.32 Å². The summed E-state index contributed by atoms with van der Waals surface area (Å²) < 4.78 is 1.15. The number of pyridine rings is 1. The maximum absolute atomic E-state index is 5.71. The van der Waals surface area contributed by atoms with Gasteiger partial charge in [-0.2, -0.15) is 0 Å². The second kappa shape index (κ2) is 5.15. The Balaban J connectivity index is 1.99. The first-order valence-corrected chi connectivity index (χ1v) is 7.24. The maximum atomic E-state index is 5.71. The summed E-state index contributed by atoms with van der Waals surface area (Å²) in [6.07, 6.45) is 3.37. The van der Waals surface area contributed by atoms with Crippen molar-refractivity contribution in [1.82, 2.24) is 9.97 Å². The van der Waals surface area contributed by atoms with Gasteiger partial charge in [-0.3, -0.25) is 4.98 Å². The Labute approximate surface area is 125 Å². The first kappa shape index (κ1) is 13.0. The number of rotatable bonds is 3. The van der Waals surface area contributed by atoms with Crippen LogP contribution in [0.2, 0.25) is 0 Å². The highest BCUT2D eigenvalue weighted by Crippen LogP contribution is 2.29. The molecule has 0 bridgehead atoms. The largest absolute Gasteiger partial charge is 0.389 e. The standard InChI is InChI=1S/C14H12N4S2/c1-8-2-3-10-12(6-8)20-14(17-10)18-11-7-16-5-4-9(11)13(15)19/h2-7H,1H3,(H2,15,19)(H,17,18). The number of anilines is 2. The zero-order chi connectivity index (χ0) is 14.1. The van der Waals surface area contributed by atoms with E-state index in [-0.39, 0.29) is 0 Å². The van der Waals surface area contributed by atoms with Gasteiger partial charge in [0.25, 0.3) is 0 Å². The molecular formula is C14H12N4S2. The summed E-state index contributed by atoms with van der Waals surface area (Å²) >= 11 is 6.63. The Hall–Kier alpha value is -2.05. The summed E-state index contributed by atoms with van der Waals surface area (Å²) in [7, 11) is 0. The highest BCUT2D eigenvalue weighted by atomic mass is 32.1. The number of thiazole rings is 1. The maximum Gasteiger partial charge on any atom is 0.188 e. The van der Waals surface area contributed by atoms with Gasteiger partial charge in [0, 0.05) is 11.8 Å². The predicted octanol–water partition coefficient (Wildman–Crippen LogP) is 3.38. The van der Waals surface area contributed by atoms with Crippen LogP contribution >= 0.6 is 23.6 Å².